The summed E-state index contributed by atoms with van der Waals surface area (Å²) in [6, 6.07) is 25.9. The highest BCUT2D eigenvalue weighted by molar-refractivity contribution is 5.98. The number of aromatic nitrogens is 1. The van der Waals surface area contributed by atoms with Crippen LogP contribution in [-0.2, 0) is 6.54 Å². The average molecular weight is 409 g/mol. The van der Waals surface area contributed by atoms with E-state index in [1.807, 2.05) is 66.9 Å². The molecule has 0 atom stereocenters. The molecule has 0 aliphatic rings. The lowest BCUT2D eigenvalue weighted by Gasteiger charge is -2.08. The summed E-state index contributed by atoms with van der Waals surface area (Å²) in [6.07, 6.45) is 3.82. The molecule has 0 aliphatic heterocycles. The second-order valence-corrected chi connectivity index (χ2v) is 6.93. The van der Waals surface area contributed by atoms with Crippen molar-refractivity contribution in [3.05, 3.63) is 106 Å². The zero-order valence-electron chi connectivity index (χ0n) is 16.6. The van der Waals surface area contributed by atoms with Crippen LogP contribution in [0.4, 0.5) is 5.69 Å². The summed E-state index contributed by atoms with van der Waals surface area (Å²) in [5.74, 6) is 0.823. The topological polar surface area (TPSA) is 81.1 Å². The first-order valence-electron chi connectivity index (χ1n) is 9.78. The van der Waals surface area contributed by atoms with E-state index in [4.69, 9.17) is 4.74 Å². The van der Waals surface area contributed by atoms with Crippen molar-refractivity contribution >= 4 is 28.2 Å². The summed E-state index contributed by atoms with van der Waals surface area (Å²) in [5.41, 5.74) is 3.03. The van der Waals surface area contributed by atoms with Crippen molar-refractivity contribution in [2.45, 2.75) is 6.54 Å². The van der Waals surface area contributed by atoms with E-state index in [9.17, 15) is 15.4 Å². The third-order valence-electron chi connectivity index (χ3n) is 4.97. The van der Waals surface area contributed by atoms with Gasteiger partial charge in [-0.25, -0.2) is 0 Å². The third kappa shape index (κ3) is 4.46. The van der Waals surface area contributed by atoms with E-state index in [1.54, 1.807) is 12.1 Å². The molecule has 1 aromatic heterocycles. The van der Waals surface area contributed by atoms with Crippen molar-refractivity contribution in [1.29, 1.82) is 5.26 Å². The number of nitro benzene ring substituents is 1. The molecule has 0 spiro atoms. The maximum atomic E-state index is 10.9. The fraction of sp³-hybridized carbons (Fsp3) is 0.0800. The number of hydrogen-bond acceptors (Lipinski definition) is 4. The lowest BCUT2D eigenvalue weighted by atomic mass is 10.0. The van der Waals surface area contributed by atoms with E-state index in [2.05, 4.69) is 10.6 Å². The van der Waals surface area contributed by atoms with Gasteiger partial charge in [0.25, 0.3) is 5.69 Å². The Balaban J connectivity index is 1.62. The highest BCUT2D eigenvalue weighted by Crippen LogP contribution is 2.27. The van der Waals surface area contributed by atoms with Crippen LogP contribution in [0.2, 0.25) is 0 Å². The van der Waals surface area contributed by atoms with Gasteiger partial charge < -0.3 is 9.30 Å². The van der Waals surface area contributed by atoms with E-state index in [-0.39, 0.29) is 5.69 Å². The molecule has 4 rings (SSSR count). The van der Waals surface area contributed by atoms with E-state index >= 15 is 0 Å². The molecule has 31 heavy (non-hydrogen) atoms. The smallest absolute Gasteiger partial charge is 0.269 e. The molecule has 6 nitrogen and oxygen atoms in total. The number of nitrogens with zero attached hydrogens (tertiary/aromatic N) is 3. The summed E-state index contributed by atoms with van der Waals surface area (Å²) in [5, 5.41) is 21.6. The van der Waals surface area contributed by atoms with Crippen LogP contribution in [0, 0.1) is 21.4 Å². The molecule has 0 N–H and O–H groups in total. The Hall–Kier alpha value is -4.37. The number of hydrogen-bond donors (Lipinski definition) is 0. The van der Waals surface area contributed by atoms with Crippen molar-refractivity contribution in [1.82, 2.24) is 4.57 Å². The maximum absolute atomic E-state index is 10.9. The molecule has 0 saturated carbocycles. The predicted molar refractivity (Wildman–Crippen MR) is 120 cm³/mol. The van der Waals surface area contributed by atoms with Gasteiger partial charge in [-0.05, 0) is 42.0 Å². The van der Waals surface area contributed by atoms with Gasteiger partial charge in [-0.15, -0.1) is 0 Å². The van der Waals surface area contributed by atoms with Crippen LogP contribution in [0.5, 0.6) is 5.75 Å². The van der Waals surface area contributed by atoms with Crippen LogP contribution in [0.3, 0.4) is 0 Å². The number of benzene rings is 3. The van der Waals surface area contributed by atoms with Crippen LogP contribution >= 0.6 is 0 Å². The van der Waals surface area contributed by atoms with E-state index in [0.29, 0.717) is 24.3 Å². The SMILES string of the molecule is N#CC(=Cc1cn(CCOc2ccccc2)c2ccccc12)c1ccc([N+](=O)[O-])cc1. The summed E-state index contributed by atoms with van der Waals surface area (Å²) in [4.78, 5) is 10.4. The molecule has 0 aliphatic carbocycles. The second-order valence-electron chi connectivity index (χ2n) is 6.93. The lowest BCUT2D eigenvalue weighted by Crippen LogP contribution is -2.07. The van der Waals surface area contributed by atoms with Crippen LogP contribution in [0.15, 0.2) is 85.1 Å². The molecule has 0 amide bonds. The van der Waals surface area contributed by atoms with Gasteiger partial charge in [0.05, 0.1) is 23.1 Å². The maximum Gasteiger partial charge on any atom is 0.269 e. The molecule has 3 aromatic carbocycles. The van der Waals surface area contributed by atoms with Gasteiger partial charge in [-0.3, -0.25) is 10.1 Å². The Labute approximate surface area is 179 Å². The average Bonchev–Trinajstić information content (AvgIpc) is 3.16. The molecule has 6 heteroatoms. The van der Waals surface area contributed by atoms with Crippen LogP contribution in [0.25, 0.3) is 22.6 Å². The molecule has 152 valence electrons. The summed E-state index contributed by atoms with van der Waals surface area (Å²) in [6.45, 7) is 1.17. The van der Waals surface area contributed by atoms with Crippen LogP contribution in [-0.4, -0.2) is 16.1 Å². The van der Waals surface area contributed by atoms with Gasteiger partial charge >= 0.3 is 0 Å². The monoisotopic (exact) mass is 409 g/mol. The number of allylic oxidation sites excluding steroid dienone is 1. The normalized spacial score (nSPS) is 11.3. The fourth-order valence-corrected chi connectivity index (χ4v) is 3.45. The zero-order chi connectivity index (χ0) is 21.6. The van der Waals surface area contributed by atoms with Crippen molar-refractivity contribution in [3.8, 4) is 11.8 Å². The third-order valence-corrected chi connectivity index (χ3v) is 4.97. The zero-order valence-corrected chi connectivity index (χ0v) is 16.6. The number of para-hydroxylation sites is 2. The molecule has 0 unspecified atom stereocenters. The Morgan fingerprint density at radius 3 is 2.45 bits per heavy atom. The summed E-state index contributed by atoms with van der Waals surface area (Å²) < 4.78 is 7.93. The highest BCUT2D eigenvalue weighted by atomic mass is 16.6. The van der Waals surface area contributed by atoms with Crippen molar-refractivity contribution in [2.75, 3.05) is 6.61 Å². The van der Waals surface area contributed by atoms with Gasteiger partial charge in [0.1, 0.15) is 12.4 Å². The lowest BCUT2D eigenvalue weighted by molar-refractivity contribution is -0.384. The number of ether oxygens (including phenoxy) is 1. The minimum absolute atomic E-state index is 0.00365. The number of rotatable bonds is 7. The number of non-ortho nitro benzene ring substituents is 1. The standard InChI is InChI=1S/C25H19N3O3/c26-17-20(19-10-12-22(13-11-19)28(29)30)16-21-18-27(25-9-5-4-8-24(21)25)14-15-31-23-6-2-1-3-7-23/h1-13,16,18H,14-15H2. The molecular weight excluding hydrogens is 390 g/mol. The summed E-state index contributed by atoms with van der Waals surface area (Å²) in [7, 11) is 0. The van der Waals surface area contributed by atoms with Gasteiger partial charge in [0.2, 0.25) is 0 Å². The van der Waals surface area contributed by atoms with E-state index in [0.717, 1.165) is 22.2 Å². The Bertz CT molecular complexity index is 1280. The van der Waals surface area contributed by atoms with E-state index < -0.39 is 4.92 Å². The van der Waals surface area contributed by atoms with Gasteiger partial charge in [-0.2, -0.15) is 5.26 Å². The molecule has 1 heterocycles. The number of nitriles is 1. The fourth-order valence-electron chi connectivity index (χ4n) is 3.45. The first-order chi connectivity index (χ1) is 15.2. The molecule has 4 aromatic rings. The minimum atomic E-state index is -0.454. The van der Waals surface area contributed by atoms with Gasteiger partial charge in [-0.1, -0.05) is 36.4 Å². The molecule has 0 saturated heterocycles. The van der Waals surface area contributed by atoms with Crippen LogP contribution in [0.1, 0.15) is 11.1 Å². The van der Waals surface area contributed by atoms with Gasteiger partial charge in [0, 0.05) is 34.8 Å². The largest absolute Gasteiger partial charge is 0.492 e. The Morgan fingerprint density at radius 2 is 1.74 bits per heavy atom. The number of fused-ring (bicyclic) bond motifs is 1. The first-order valence-corrected chi connectivity index (χ1v) is 9.78. The summed E-state index contributed by atoms with van der Waals surface area (Å²) >= 11 is 0. The van der Waals surface area contributed by atoms with Gasteiger partial charge in [0.15, 0.2) is 0 Å². The molecule has 0 radical (unpaired) electrons. The van der Waals surface area contributed by atoms with Crippen molar-refractivity contribution in [2.24, 2.45) is 0 Å². The minimum Gasteiger partial charge on any atom is -0.492 e. The molecule has 0 fully saturated rings. The van der Waals surface area contributed by atoms with Crippen LogP contribution < -0.4 is 4.74 Å². The van der Waals surface area contributed by atoms with E-state index in [1.165, 1.54) is 12.1 Å². The highest BCUT2D eigenvalue weighted by Gasteiger charge is 2.10. The molecular formula is C25H19N3O3. The quantitative estimate of drug-likeness (QED) is 0.223. The van der Waals surface area contributed by atoms with Crippen molar-refractivity contribution in [3.63, 3.8) is 0 Å². The van der Waals surface area contributed by atoms with Crippen molar-refractivity contribution < 1.29 is 9.66 Å². The predicted octanol–water partition coefficient (Wildman–Crippen LogP) is 5.69. The first kappa shape index (κ1) is 19.9. The Morgan fingerprint density at radius 1 is 1.03 bits per heavy atom. The number of nitro groups is 1. The second kappa shape index (κ2) is 8.97. The Kier molecular flexibility index (Phi) is 5.77. The molecule has 0 bridgehead atoms.